The highest BCUT2D eigenvalue weighted by molar-refractivity contribution is 6.30. The fraction of sp³-hybridized carbons (Fsp3) is 0.556. The zero-order chi connectivity index (χ0) is 17.5. The fourth-order valence-electron chi connectivity index (χ4n) is 2.97. The number of carbonyl (C=O) groups excluding carboxylic acids is 2. The normalized spacial score (nSPS) is 19.0. The Hall–Kier alpha value is -1.59. The Bertz CT molecular complexity index is 560. The summed E-state index contributed by atoms with van der Waals surface area (Å²) in [6.45, 7) is 4.06. The van der Waals surface area contributed by atoms with E-state index in [1.807, 2.05) is 11.8 Å². The Morgan fingerprint density at radius 3 is 2.75 bits per heavy atom. The topological polar surface area (TPSA) is 75.4 Å². The van der Waals surface area contributed by atoms with Crippen molar-refractivity contribution in [1.82, 2.24) is 10.2 Å². The van der Waals surface area contributed by atoms with Gasteiger partial charge in [-0.25, -0.2) is 0 Å². The van der Waals surface area contributed by atoms with Crippen molar-refractivity contribution < 1.29 is 9.59 Å². The predicted octanol–water partition coefficient (Wildman–Crippen LogP) is 2.44. The lowest BCUT2D eigenvalue weighted by atomic mass is 9.92. The summed E-state index contributed by atoms with van der Waals surface area (Å²) in [4.78, 5) is 26.1. The van der Waals surface area contributed by atoms with Crippen LogP contribution in [-0.2, 0) is 4.79 Å². The summed E-state index contributed by atoms with van der Waals surface area (Å²) in [7, 11) is 0. The number of rotatable bonds is 6. The fourth-order valence-corrected chi connectivity index (χ4v) is 3.09. The zero-order valence-corrected chi connectivity index (χ0v) is 14.9. The number of nitrogens with one attached hydrogen (secondary N) is 1. The number of carbonyl (C=O) groups is 2. The summed E-state index contributed by atoms with van der Waals surface area (Å²) < 4.78 is 0. The summed E-state index contributed by atoms with van der Waals surface area (Å²) in [6.07, 6.45) is 3.20. The van der Waals surface area contributed by atoms with Gasteiger partial charge >= 0.3 is 0 Å². The van der Waals surface area contributed by atoms with Crippen molar-refractivity contribution in [2.24, 2.45) is 11.7 Å². The molecule has 1 aliphatic rings. The smallest absolute Gasteiger partial charge is 0.251 e. The van der Waals surface area contributed by atoms with Gasteiger partial charge in [0.05, 0.1) is 0 Å². The molecule has 2 rings (SSSR count). The molecule has 0 bridgehead atoms. The zero-order valence-electron chi connectivity index (χ0n) is 14.1. The molecule has 5 nitrogen and oxygen atoms in total. The summed E-state index contributed by atoms with van der Waals surface area (Å²) >= 11 is 5.80. The molecule has 6 heteroatoms. The first-order valence-corrected chi connectivity index (χ1v) is 8.92. The summed E-state index contributed by atoms with van der Waals surface area (Å²) in [6, 6.07) is 6.87. The number of likely N-dealkylation sites (tertiary alicyclic amines) is 1. The average Bonchev–Trinajstić information content (AvgIpc) is 2.59. The monoisotopic (exact) mass is 351 g/mol. The van der Waals surface area contributed by atoms with E-state index in [1.54, 1.807) is 24.3 Å². The molecular formula is C18H26ClN3O2. The van der Waals surface area contributed by atoms with Crippen LogP contribution in [0.3, 0.4) is 0 Å². The summed E-state index contributed by atoms with van der Waals surface area (Å²) in [5.41, 5.74) is 6.53. The molecule has 1 heterocycles. The van der Waals surface area contributed by atoms with Crippen LogP contribution in [0.4, 0.5) is 0 Å². The number of piperidine rings is 1. The third-order valence-corrected chi connectivity index (χ3v) is 4.77. The van der Waals surface area contributed by atoms with E-state index in [0.29, 0.717) is 35.9 Å². The molecule has 132 valence electrons. The van der Waals surface area contributed by atoms with Crippen LogP contribution in [0.1, 0.15) is 43.0 Å². The van der Waals surface area contributed by atoms with Crippen LogP contribution in [-0.4, -0.2) is 42.4 Å². The highest BCUT2D eigenvalue weighted by Gasteiger charge is 2.25. The number of halogens is 1. The molecule has 3 N–H and O–H groups in total. The van der Waals surface area contributed by atoms with Gasteiger partial charge in [0.2, 0.25) is 5.91 Å². The van der Waals surface area contributed by atoms with Gasteiger partial charge in [-0.15, -0.1) is 0 Å². The second-order valence-corrected chi connectivity index (χ2v) is 6.90. The van der Waals surface area contributed by atoms with Crippen molar-refractivity contribution in [1.29, 1.82) is 0 Å². The maximum atomic E-state index is 12.3. The van der Waals surface area contributed by atoms with E-state index in [9.17, 15) is 9.59 Å². The van der Waals surface area contributed by atoms with Gasteiger partial charge in [0.1, 0.15) is 0 Å². The molecule has 1 aliphatic heterocycles. The van der Waals surface area contributed by atoms with Gasteiger partial charge in [0.25, 0.3) is 5.91 Å². The van der Waals surface area contributed by atoms with Crippen molar-refractivity contribution in [3.8, 4) is 0 Å². The lowest BCUT2D eigenvalue weighted by Crippen LogP contribution is -2.45. The lowest BCUT2D eigenvalue weighted by Gasteiger charge is -2.34. The van der Waals surface area contributed by atoms with Crippen molar-refractivity contribution >= 4 is 23.4 Å². The lowest BCUT2D eigenvalue weighted by molar-refractivity contribution is -0.133. The molecule has 1 aromatic carbocycles. The summed E-state index contributed by atoms with van der Waals surface area (Å²) in [5.74, 6) is 0.405. The minimum absolute atomic E-state index is 0.124. The molecule has 0 aliphatic carbocycles. The molecule has 0 spiro atoms. The quantitative estimate of drug-likeness (QED) is 0.773. The Morgan fingerprint density at radius 1 is 1.38 bits per heavy atom. The molecule has 1 aromatic rings. The van der Waals surface area contributed by atoms with Crippen LogP contribution in [0, 0.1) is 5.92 Å². The molecule has 24 heavy (non-hydrogen) atoms. The van der Waals surface area contributed by atoms with E-state index >= 15 is 0 Å². The number of nitrogens with two attached hydrogens (primary N) is 1. The first-order valence-electron chi connectivity index (χ1n) is 8.54. The third-order valence-electron chi connectivity index (χ3n) is 4.51. The van der Waals surface area contributed by atoms with Crippen LogP contribution < -0.4 is 11.1 Å². The van der Waals surface area contributed by atoms with Crippen LogP contribution in [0.25, 0.3) is 0 Å². The Labute approximate surface area is 148 Å². The highest BCUT2D eigenvalue weighted by atomic mass is 35.5. The largest absolute Gasteiger partial charge is 0.352 e. The maximum Gasteiger partial charge on any atom is 0.251 e. The van der Waals surface area contributed by atoms with E-state index in [1.165, 1.54) is 0 Å². The van der Waals surface area contributed by atoms with Crippen LogP contribution in [0.15, 0.2) is 24.3 Å². The number of nitrogens with zero attached hydrogens (tertiary/aromatic N) is 1. The third kappa shape index (κ3) is 5.49. The minimum atomic E-state index is -0.144. The van der Waals surface area contributed by atoms with Crippen molar-refractivity contribution in [2.45, 2.75) is 38.6 Å². The summed E-state index contributed by atoms with van der Waals surface area (Å²) in [5, 5.41) is 3.43. The molecule has 1 saturated heterocycles. The Balaban J connectivity index is 1.69. The molecule has 0 aromatic heterocycles. The van der Waals surface area contributed by atoms with Gasteiger partial charge in [-0.2, -0.15) is 0 Å². The maximum absolute atomic E-state index is 12.3. The molecule has 2 atom stereocenters. The SMILES string of the molecule is CC(N)C1CCCN(C(=O)CCCNC(=O)c2ccc(Cl)cc2)C1. The molecule has 2 unspecified atom stereocenters. The van der Waals surface area contributed by atoms with E-state index in [-0.39, 0.29) is 17.9 Å². The first kappa shape index (κ1) is 18.7. The standard InChI is InChI=1S/C18H26ClN3O2/c1-13(20)15-4-3-11-22(12-15)17(23)5-2-10-21-18(24)14-6-8-16(19)9-7-14/h6-9,13,15H,2-5,10-12,20H2,1H3,(H,21,24). The highest BCUT2D eigenvalue weighted by Crippen LogP contribution is 2.19. The van der Waals surface area contributed by atoms with Gasteiger partial charge in [-0.1, -0.05) is 11.6 Å². The molecule has 0 radical (unpaired) electrons. The molecule has 0 saturated carbocycles. The number of hydrogen-bond acceptors (Lipinski definition) is 3. The molecule has 1 fully saturated rings. The van der Waals surface area contributed by atoms with Crippen LogP contribution in [0.2, 0.25) is 5.02 Å². The molecular weight excluding hydrogens is 326 g/mol. The van der Waals surface area contributed by atoms with Gasteiger partial charge in [-0.3, -0.25) is 9.59 Å². The predicted molar refractivity (Wildman–Crippen MR) is 96.0 cm³/mol. The second-order valence-electron chi connectivity index (χ2n) is 6.47. The average molecular weight is 352 g/mol. The molecule has 2 amide bonds. The number of hydrogen-bond donors (Lipinski definition) is 2. The number of amides is 2. The Kier molecular flexibility index (Phi) is 7.06. The van der Waals surface area contributed by atoms with Crippen LogP contribution in [0.5, 0.6) is 0 Å². The van der Waals surface area contributed by atoms with Crippen molar-refractivity contribution in [2.75, 3.05) is 19.6 Å². The van der Waals surface area contributed by atoms with E-state index in [2.05, 4.69) is 5.32 Å². The van der Waals surface area contributed by atoms with E-state index in [4.69, 9.17) is 17.3 Å². The van der Waals surface area contributed by atoms with Gasteiger partial charge in [-0.05, 0) is 56.4 Å². The Morgan fingerprint density at radius 2 is 2.08 bits per heavy atom. The minimum Gasteiger partial charge on any atom is -0.352 e. The van der Waals surface area contributed by atoms with E-state index < -0.39 is 0 Å². The van der Waals surface area contributed by atoms with Gasteiger partial charge in [0, 0.05) is 42.7 Å². The van der Waals surface area contributed by atoms with Gasteiger partial charge in [0.15, 0.2) is 0 Å². The van der Waals surface area contributed by atoms with Crippen molar-refractivity contribution in [3.05, 3.63) is 34.9 Å². The van der Waals surface area contributed by atoms with Crippen molar-refractivity contribution in [3.63, 3.8) is 0 Å². The van der Waals surface area contributed by atoms with E-state index in [0.717, 1.165) is 25.9 Å². The first-order chi connectivity index (χ1) is 11.5. The second kappa shape index (κ2) is 9.04. The van der Waals surface area contributed by atoms with Crippen LogP contribution >= 0.6 is 11.6 Å². The van der Waals surface area contributed by atoms with Gasteiger partial charge < -0.3 is 16.0 Å². The number of benzene rings is 1.